The summed E-state index contributed by atoms with van der Waals surface area (Å²) in [4.78, 5) is 25.3. The zero-order chi connectivity index (χ0) is 34.4. The van der Waals surface area contributed by atoms with Crippen molar-refractivity contribution in [3.63, 3.8) is 0 Å². The fraction of sp³-hybridized carbons (Fsp3) is 0.484. The molecule has 2 aliphatic heterocycles. The number of benzene rings is 2. The first-order chi connectivity index (χ1) is 22.3. The summed E-state index contributed by atoms with van der Waals surface area (Å²) in [7, 11) is 0. The lowest BCUT2D eigenvalue weighted by atomic mass is 9.96. The maximum absolute atomic E-state index is 13.0. The number of ether oxygens (including phenoxy) is 6. The molecule has 0 amide bonds. The molecule has 2 saturated heterocycles. The van der Waals surface area contributed by atoms with E-state index in [0.717, 1.165) is 13.0 Å². The van der Waals surface area contributed by atoms with Crippen molar-refractivity contribution in [1.82, 2.24) is 0 Å². The van der Waals surface area contributed by atoms with E-state index in [1.165, 1.54) is 49.4 Å². The second-order valence-corrected chi connectivity index (χ2v) is 11.0. The number of aliphatic hydroxyl groups is 4. The van der Waals surface area contributed by atoms with Crippen LogP contribution in [0.2, 0.25) is 0 Å². The minimum Gasteiger partial charge on any atom is -0.504 e. The molecule has 2 heterocycles. The van der Waals surface area contributed by atoms with Crippen molar-refractivity contribution < 1.29 is 78.9 Å². The van der Waals surface area contributed by atoms with Crippen molar-refractivity contribution in [2.24, 2.45) is 0 Å². The van der Waals surface area contributed by atoms with Crippen molar-refractivity contribution in [3.8, 4) is 23.0 Å². The maximum atomic E-state index is 13.0. The molecule has 0 unspecified atom stereocenters. The van der Waals surface area contributed by atoms with E-state index in [1.807, 2.05) is 0 Å². The second kappa shape index (κ2) is 15.7. The average Bonchev–Trinajstić information content (AvgIpc) is 3.03. The van der Waals surface area contributed by atoms with Crippen molar-refractivity contribution >= 4 is 18.0 Å². The van der Waals surface area contributed by atoms with Gasteiger partial charge in [-0.3, -0.25) is 4.79 Å². The number of carbonyl (C=O) groups excluding carboxylic acids is 2. The van der Waals surface area contributed by atoms with E-state index in [-0.39, 0.29) is 30.3 Å². The Morgan fingerprint density at radius 3 is 2.13 bits per heavy atom. The summed E-state index contributed by atoms with van der Waals surface area (Å²) in [5, 5.41) is 80.1. The highest BCUT2D eigenvalue weighted by molar-refractivity contribution is 5.87. The highest BCUT2D eigenvalue weighted by Gasteiger charge is 2.54. The van der Waals surface area contributed by atoms with E-state index in [2.05, 4.69) is 0 Å². The Morgan fingerprint density at radius 2 is 1.49 bits per heavy atom. The molecule has 8 N–H and O–H groups in total. The fourth-order valence-electron chi connectivity index (χ4n) is 5.05. The molecule has 2 aromatic rings. The van der Waals surface area contributed by atoms with Crippen LogP contribution < -0.4 is 0 Å². The minimum absolute atomic E-state index is 0.103. The molecule has 0 saturated carbocycles. The number of esters is 2. The van der Waals surface area contributed by atoms with Gasteiger partial charge in [0.1, 0.15) is 30.5 Å². The summed E-state index contributed by atoms with van der Waals surface area (Å²) in [5.74, 6) is -3.31. The van der Waals surface area contributed by atoms with Crippen LogP contribution in [0.3, 0.4) is 0 Å². The van der Waals surface area contributed by atoms with E-state index in [9.17, 15) is 50.4 Å². The topological polar surface area (TPSA) is 251 Å². The number of aromatic hydroxyl groups is 4. The molecule has 258 valence electrons. The van der Waals surface area contributed by atoms with Gasteiger partial charge in [0, 0.05) is 13.0 Å². The molecular formula is C31H38O16. The summed E-state index contributed by atoms with van der Waals surface area (Å²) in [5.41, 5.74) is 0.879. The Balaban J connectivity index is 1.61. The summed E-state index contributed by atoms with van der Waals surface area (Å²) in [6, 6.07) is 7.94. The first kappa shape index (κ1) is 35.8. The largest absolute Gasteiger partial charge is 0.504 e. The van der Waals surface area contributed by atoms with Gasteiger partial charge in [0.05, 0.1) is 19.3 Å². The molecule has 16 heteroatoms. The maximum Gasteiger partial charge on any atom is 0.331 e. The van der Waals surface area contributed by atoms with Crippen LogP contribution in [0.25, 0.3) is 6.08 Å². The van der Waals surface area contributed by atoms with Gasteiger partial charge in [0.15, 0.2) is 47.8 Å². The van der Waals surface area contributed by atoms with Gasteiger partial charge in [-0.15, -0.1) is 0 Å². The molecule has 47 heavy (non-hydrogen) atoms. The normalized spacial score (nSPS) is 31.0. The van der Waals surface area contributed by atoms with E-state index >= 15 is 0 Å². The van der Waals surface area contributed by atoms with Crippen LogP contribution in [-0.2, 0) is 44.4 Å². The molecule has 0 bridgehead atoms. The van der Waals surface area contributed by atoms with Gasteiger partial charge < -0.3 is 69.3 Å². The van der Waals surface area contributed by atoms with Crippen LogP contribution >= 0.6 is 0 Å². The quantitative estimate of drug-likeness (QED) is 0.0859. The Hall–Kier alpha value is -4.00. The van der Waals surface area contributed by atoms with Crippen LogP contribution in [0, 0.1) is 0 Å². The molecule has 2 aromatic carbocycles. The number of carbonyl (C=O) groups is 2. The van der Waals surface area contributed by atoms with Crippen LogP contribution in [0.4, 0.5) is 0 Å². The zero-order valence-corrected chi connectivity index (χ0v) is 25.4. The second-order valence-electron chi connectivity index (χ2n) is 11.0. The molecule has 0 spiro atoms. The number of hydrogen-bond acceptors (Lipinski definition) is 16. The van der Waals surface area contributed by atoms with Gasteiger partial charge in [-0.25, -0.2) is 4.79 Å². The predicted molar refractivity (Wildman–Crippen MR) is 157 cm³/mol. The van der Waals surface area contributed by atoms with Crippen LogP contribution in [0.5, 0.6) is 23.0 Å². The standard InChI is InChI=1S/C31H38O16/c1-14-24(39)25(40)26(41)30(43-14)47-28-27(46-23(38)8-5-16-3-6-18(34)20(36)11-16)22(13-32)45-31(29(28)44-15(2)33)42-10-9-17-4-7-19(35)21(37)12-17/h3-8,11-12,14,22,24-32,34-37,39-41H,9-10,13H2,1-2H3/t14-,22-,24+,25-,26-,27-,28-,29-,30-,31+/m1/s1. The minimum atomic E-state index is -1.81. The predicted octanol–water partition coefficient (Wildman–Crippen LogP) is -0.445. The molecule has 4 rings (SSSR count). The Kier molecular flexibility index (Phi) is 12.0. The Bertz CT molecular complexity index is 1410. The average molecular weight is 667 g/mol. The van der Waals surface area contributed by atoms with Gasteiger partial charge in [0.2, 0.25) is 0 Å². The molecule has 2 aliphatic rings. The van der Waals surface area contributed by atoms with Crippen LogP contribution in [0.1, 0.15) is 25.0 Å². The molecule has 0 aliphatic carbocycles. The van der Waals surface area contributed by atoms with Gasteiger partial charge in [-0.1, -0.05) is 12.1 Å². The smallest absolute Gasteiger partial charge is 0.331 e. The van der Waals surface area contributed by atoms with Crippen molar-refractivity contribution in [1.29, 1.82) is 0 Å². The molecule has 2 fully saturated rings. The highest BCUT2D eigenvalue weighted by atomic mass is 16.8. The lowest BCUT2D eigenvalue weighted by Gasteiger charge is -2.47. The zero-order valence-electron chi connectivity index (χ0n) is 25.4. The fourth-order valence-corrected chi connectivity index (χ4v) is 5.05. The monoisotopic (exact) mass is 666 g/mol. The van der Waals surface area contributed by atoms with Gasteiger partial charge in [-0.2, -0.15) is 0 Å². The summed E-state index contributed by atoms with van der Waals surface area (Å²) < 4.78 is 34.4. The summed E-state index contributed by atoms with van der Waals surface area (Å²) in [6.45, 7) is 1.62. The lowest BCUT2D eigenvalue weighted by molar-refractivity contribution is -0.358. The first-order valence-electron chi connectivity index (χ1n) is 14.6. The van der Waals surface area contributed by atoms with Crippen LogP contribution in [-0.4, -0.2) is 127 Å². The third kappa shape index (κ3) is 8.88. The first-order valence-corrected chi connectivity index (χ1v) is 14.6. The van der Waals surface area contributed by atoms with E-state index < -0.39 is 85.7 Å². The number of phenols is 4. The third-order valence-electron chi connectivity index (χ3n) is 7.55. The van der Waals surface area contributed by atoms with E-state index in [0.29, 0.717) is 11.1 Å². The van der Waals surface area contributed by atoms with Gasteiger partial charge in [-0.05, 0) is 54.8 Å². The van der Waals surface area contributed by atoms with Crippen molar-refractivity contribution in [2.45, 2.75) is 81.7 Å². The number of phenolic OH excluding ortho intramolecular Hbond substituents is 4. The number of aliphatic hydroxyl groups excluding tert-OH is 4. The van der Waals surface area contributed by atoms with Gasteiger partial charge >= 0.3 is 11.9 Å². The number of rotatable bonds is 11. The van der Waals surface area contributed by atoms with Crippen molar-refractivity contribution in [3.05, 3.63) is 53.6 Å². The molecule has 10 atom stereocenters. The lowest BCUT2D eigenvalue weighted by Crippen LogP contribution is -2.65. The summed E-state index contributed by atoms with van der Waals surface area (Å²) in [6.07, 6.45) is -12.7. The Labute approximate surface area is 268 Å². The highest BCUT2D eigenvalue weighted by Crippen LogP contribution is 2.33. The molecule has 16 nitrogen and oxygen atoms in total. The molecule has 0 radical (unpaired) electrons. The van der Waals surface area contributed by atoms with Crippen molar-refractivity contribution in [2.75, 3.05) is 13.2 Å². The van der Waals surface area contributed by atoms with Gasteiger partial charge in [0.25, 0.3) is 0 Å². The van der Waals surface area contributed by atoms with E-state index in [1.54, 1.807) is 0 Å². The third-order valence-corrected chi connectivity index (χ3v) is 7.55. The summed E-state index contributed by atoms with van der Waals surface area (Å²) >= 11 is 0. The number of hydrogen-bond donors (Lipinski definition) is 8. The Morgan fingerprint density at radius 1 is 0.809 bits per heavy atom. The van der Waals surface area contributed by atoms with E-state index in [4.69, 9.17) is 28.4 Å². The molecular weight excluding hydrogens is 628 g/mol. The van der Waals surface area contributed by atoms with Crippen LogP contribution in [0.15, 0.2) is 42.5 Å². The SMILES string of the molecule is CC(=O)O[C@H]1[C@@H](OCCc2ccc(O)c(O)c2)O[C@H](CO)[C@@H](OC(=O)C=Cc2ccc(O)c(O)c2)[C@H]1O[C@H]1O[C@H](C)[C@H](O)[C@@H](O)[C@H]1O. The molecule has 0 aromatic heterocycles.